The summed E-state index contributed by atoms with van der Waals surface area (Å²) in [5, 5.41) is 7.09. The lowest BCUT2D eigenvalue weighted by atomic mass is 9.82. The standard InChI is InChI=1S/C47H33NO/c1-47(2)39-20-9-7-19-36(39)46-40(47)21-12-24-43(46)48(42-23-11-16-30-13-5-6-17-34(30)42)41-22-10-8-18-35(41)33-25-26-44-37(28-33)38-27-31-14-3-4-15-32(31)29-45(38)49-44/h3-29H,1-2H3. The Bertz CT molecular complexity index is 2760. The summed E-state index contributed by atoms with van der Waals surface area (Å²) in [5.74, 6) is 0. The van der Waals surface area contributed by atoms with Crippen molar-refractivity contribution in [1.82, 2.24) is 0 Å². The van der Waals surface area contributed by atoms with Gasteiger partial charge in [-0.15, -0.1) is 0 Å². The predicted octanol–water partition coefficient (Wildman–Crippen LogP) is 13.3. The van der Waals surface area contributed by atoms with E-state index in [-0.39, 0.29) is 5.41 Å². The van der Waals surface area contributed by atoms with Crippen molar-refractivity contribution in [3.8, 4) is 22.3 Å². The second-order valence-corrected chi connectivity index (χ2v) is 13.7. The molecule has 0 radical (unpaired) electrons. The maximum absolute atomic E-state index is 6.41. The molecule has 0 unspecified atom stereocenters. The highest BCUT2D eigenvalue weighted by Crippen LogP contribution is 2.55. The molecule has 2 heteroatoms. The minimum absolute atomic E-state index is 0.108. The summed E-state index contributed by atoms with van der Waals surface area (Å²) >= 11 is 0. The van der Waals surface area contributed by atoms with Crippen LogP contribution in [0.15, 0.2) is 168 Å². The molecule has 0 atom stereocenters. The van der Waals surface area contributed by atoms with Crippen LogP contribution in [0.25, 0.3) is 65.7 Å². The first-order valence-electron chi connectivity index (χ1n) is 17.0. The van der Waals surface area contributed by atoms with E-state index in [1.165, 1.54) is 49.5 Å². The van der Waals surface area contributed by atoms with E-state index in [2.05, 4.69) is 183 Å². The maximum Gasteiger partial charge on any atom is 0.136 e. The Morgan fingerprint density at radius 2 is 1.04 bits per heavy atom. The van der Waals surface area contributed by atoms with E-state index in [4.69, 9.17) is 4.42 Å². The Morgan fingerprint density at radius 1 is 0.429 bits per heavy atom. The number of benzene rings is 8. The minimum atomic E-state index is -0.108. The summed E-state index contributed by atoms with van der Waals surface area (Å²) in [6.45, 7) is 4.70. The molecule has 0 aliphatic heterocycles. The van der Waals surface area contributed by atoms with Gasteiger partial charge in [0, 0.05) is 32.7 Å². The Balaban J connectivity index is 1.25. The van der Waals surface area contributed by atoms with Gasteiger partial charge in [-0.25, -0.2) is 0 Å². The predicted molar refractivity (Wildman–Crippen MR) is 206 cm³/mol. The molecule has 0 fully saturated rings. The number of furan rings is 1. The van der Waals surface area contributed by atoms with Gasteiger partial charge < -0.3 is 9.32 Å². The highest BCUT2D eigenvalue weighted by molar-refractivity contribution is 6.12. The molecule has 232 valence electrons. The van der Waals surface area contributed by atoms with E-state index in [0.717, 1.165) is 44.4 Å². The molecule has 10 rings (SSSR count). The van der Waals surface area contributed by atoms with Crippen molar-refractivity contribution in [3.05, 3.63) is 175 Å². The number of hydrogen-bond acceptors (Lipinski definition) is 2. The molecule has 8 aromatic carbocycles. The van der Waals surface area contributed by atoms with Gasteiger partial charge in [0.25, 0.3) is 0 Å². The van der Waals surface area contributed by atoms with Gasteiger partial charge in [-0.05, 0) is 80.9 Å². The minimum Gasteiger partial charge on any atom is -0.456 e. The summed E-state index contributed by atoms with van der Waals surface area (Å²) in [7, 11) is 0. The fourth-order valence-corrected chi connectivity index (χ4v) is 8.26. The van der Waals surface area contributed by atoms with Crippen molar-refractivity contribution in [1.29, 1.82) is 0 Å². The highest BCUT2D eigenvalue weighted by atomic mass is 16.3. The van der Waals surface area contributed by atoms with Gasteiger partial charge >= 0.3 is 0 Å². The Kier molecular flexibility index (Phi) is 5.95. The van der Waals surface area contributed by atoms with E-state index in [1.54, 1.807) is 0 Å². The fraction of sp³-hybridized carbons (Fsp3) is 0.0638. The topological polar surface area (TPSA) is 16.4 Å². The molecule has 0 N–H and O–H groups in total. The van der Waals surface area contributed by atoms with E-state index in [0.29, 0.717) is 0 Å². The molecule has 1 heterocycles. The molecule has 0 saturated carbocycles. The van der Waals surface area contributed by atoms with Crippen molar-refractivity contribution in [2.24, 2.45) is 0 Å². The number of para-hydroxylation sites is 1. The number of nitrogens with zero attached hydrogens (tertiary/aromatic N) is 1. The highest BCUT2D eigenvalue weighted by Gasteiger charge is 2.38. The van der Waals surface area contributed by atoms with Crippen LogP contribution in [0.3, 0.4) is 0 Å². The van der Waals surface area contributed by atoms with E-state index in [9.17, 15) is 0 Å². The number of hydrogen-bond donors (Lipinski definition) is 0. The van der Waals surface area contributed by atoms with E-state index >= 15 is 0 Å². The van der Waals surface area contributed by atoms with Gasteiger partial charge in [0.05, 0.1) is 17.1 Å². The molecular formula is C47H33NO. The third-order valence-electron chi connectivity index (χ3n) is 10.6. The molecule has 2 nitrogen and oxygen atoms in total. The van der Waals surface area contributed by atoms with Crippen LogP contribution in [-0.2, 0) is 5.41 Å². The van der Waals surface area contributed by atoms with Gasteiger partial charge in [0.15, 0.2) is 0 Å². The monoisotopic (exact) mass is 627 g/mol. The summed E-state index contributed by atoms with van der Waals surface area (Å²) in [6.07, 6.45) is 0. The van der Waals surface area contributed by atoms with Crippen LogP contribution in [0.5, 0.6) is 0 Å². The van der Waals surface area contributed by atoms with Crippen molar-refractivity contribution in [2.45, 2.75) is 19.3 Å². The lowest BCUT2D eigenvalue weighted by Crippen LogP contribution is -2.16. The molecule has 9 aromatic rings. The Labute approximate surface area is 285 Å². The van der Waals surface area contributed by atoms with Crippen LogP contribution in [0.4, 0.5) is 17.1 Å². The molecule has 1 aliphatic carbocycles. The van der Waals surface area contributed by atoms with E-state index < -0.39 is 0 Å². The van der Waals surface area contributed by atoms with Gasteiger partial charge in [0.1, 0.15) is 11.2 Å². The summed E-state index contributed by atoms with van der Waals surface area (Å²) in [5.41, 5.74) is 12.8. The molecule has 0 spiro atoms. The zero-order chi connectivity index (χ0) is 32.7. The smallest absolute Gasteiger partial charge is 0.136 e. The van der Waals surface area contributed by atoms with Crippen molar-refractivity contribution >= 4 is 60.5 Å². The molecule has 1 aliphatic rings. The normalized spacial score (nSPS) is 13.3. The zero-order valence-corrected chi connectivity index (χ0v) is 27.4. The molecule has 0 amide bonds. The van der Waals surface area contributed by atoms with Crippen LogP contribution in [0, 0.1) is 0 Å². The quantitative estimate of drug-likeness (QED) is 0.193. The third-order valence-corrected chi connectivity index (χ3v) is 10.6. The first-order valence-corrected chi connectivity index (χ1v) is 17.0. The van der Waals surface area contributed by atoms with Crippen LogP contribution in [0.1, 0.15) is 25.0 Å². The largest absolute Gasteiger partial charge is 0.456 e. The molecule has 49 heavy (non-hydrogen) atoms. The summed E-state index contributed by atoms with van der Waals surface area (Å²) in [6, 6.07) is 59.6. The average molecular weight is 628 g/mol. The summed E-state index contributed by atoms with van der Waals surface area (Å²) in [4.78, 5) is 2.50. The second-order valence-electron chi connectivity index (χ2n) is 13.7. The van der Waals surface area contributed by atoms with Crippen molar-refractivity contribution in [2.75, 3.05) is 4.90 Å². The average Bonchev–Trinajstić information content (AvgIpc) is 3.62. The molecule has 1 aromatic heterocycles. The van der Waals surface area contributed by atoms with Gasteiger partial charge in [-0.3, -0.25) is 0 Å². The van der Waals surface area contributed by atoms with Crippen LogP contribution in [0.2, 0.25) is 0 Å². The number of anilines is 3. The van der Waals surface area contributed by atoms with Crippen LogP contribution >= 0.6 is 0 Å². The number of rotatable bonds is 4. The van der Waals surface area contributed by atoms with E-state index in [1.807, 2.05) is 0 Å². The molecule has 0 saturated heterocycles. The van der Waals surface area contributed by atoms with Crippen molar-refractivity contribution in [3.63, 3.8) is 0 Å². The Hall–Kier alpha value is -6.12. The SMILES string of the molecule is CC1(C)c2ccccc2-c2c(N(c3ccccc3-c3ccc4oc5cc6ccccc6cc5c4c3)c3cccc4ccccc34)cccc21. The fourth-order valence-electron chi connectivity index (χ4n) is 8.26. The van der Waals surface area contributed by atoms with Crippen LogP contribution < -0.4 is 4.90 Å². The third kappa shape index (κ3) is 4.14. The van der Waals surface area contributed by atoms with Gasteiger partial charge in [0.2, 0.25) is 0 Å². The summed E-state index contributed by atoms with van der Waals surface area (Å²) < 4.78 is 6.41. The molecule has 0 bridgehead atoms. The van der Waals surface area contributed by atoms with Crippen LogP contribution in [-0.4, -0.2) is 0 Å². The van der Waals surface area contributed by atoms with Gasteiger partial charge in [-0.2, -0.15) is 0 Å². The maximum atomic E-state index is 6.41. The Morgan fingerprint density at radius 3 is 1.92 bits per heavy atom. The molecular weight excluding hydrogens is 595 g/mol. The second kappa shape index (κ2) is 10.4. The first kappa shape index (κ1) is 27.9. The first-order chi connectivity index (χ1) is 24.1. The number of fused-ring (bicyclic) bond motifs is 8. The lowest BCUT2D eigenvalue weighted by molar-refractivity contribution is 0.660. The lowest BCUT2D eigenvalue weighted by Gasteiger charge is -2.31. The van der Waals surface area contributed by atoms with Gasteiger partial charge in [-0.1, -0.05) is 135 Å². The van der Waals surface area contributed by atoms with Crippen molar-refractivity contribution < 1.29 is 4.42 Å². The zero-order valence-electron chi connectivity index (χ0n) is 27.4.